The van der Waals surface area contributed by atoms with Gasteiger partial charge in [-0.1, -0.05) is 0 Å². The van der Waals surface area contributed by atoms with Crippen molar-refractivity contribution in [3.8, 4) is 6.07 Å². The Balaban J connectivity index is 1.67. The van der Waals surface area contributed by atoms with Gasteiger partial charge in [0.15, 0.2) is 10.9 Å². The van der Waals surface area contributed by atoms with Crippen molar-refractivity contribution < 1.29 is 9.15 Å². The average molecular weight is 386 g/mol. The molecule has 0 aliphatic carbocycles. The smallest absolute Gasteiger partial charge is 0.171 e. The van der Waals surface area contributed by atoms with Gasteiger partial charge in [-0.2, -0.15) is 5.26 Å². The molecule has 1 aliphatic heterocycles. The summed E-state index contributed by atoms with van der Waals surface area (Å²) in [5.74, 6) is 1.45. The van der Waals surface area contributed by atoms with Crippen molar-refractivity contribution in [3.63, 3.8) is 0 Å². The van der Waals surface area contributed by atoms with Gasteiger partial charge in [-0.15, -0.1) is 0 Å². The molecule has 1 saturated heterocycles. The normalized spacial score (nSPS) is 15.9. The van der Waals surface area contributed by atoms with Crippen molar-refractivity contribution in [1.82, 2.24) is 15.3 Å². The van der Waals surface area contributed by atoms with E-state index in [1.165, 1.54) is 6.33 Å². The Morgan fingerprint density at radius 1 is 1.48 bits per heavy atom. The third-order valence-corrected chi connectivity index (χ3v) is 4.42. The maximum absolute atomic E-state index is 8.99. The van der Waals surface area contributed by atoms with Crippen molar-refractivity contribution in [1.29, 1.82) is 5.26 Å². The first-order valence-electron chi connectivity index (χ1n) is 8.87. The summed E-state index contributed by atoms with van der Waals surface area (Å²) in [6.07, 6.45) is 7.47. The molecule has 1 atom stereocenters. The monoisotopic (exact) mass is 386 g/mol. The second kappa shape index (κ2) is 9.85. The van der Waals surface area contributed by atoms with Crippen LogP contribution >= 0.6 is 12.2 Å². The summed E-state index contributed by atoms with van der Waals surface area (Å²) in [6, 6.07) is 5.90. The Labute approximate surface area is 163 Å². The van der Waals surface area contributed by atoms with Crippen molar-refractivity contribution in [2.24, 2.45) is 0 Å². The van der Waals surface area contributed by atoms with Crippen LogP contribution in [0.1, 0.15) is 25.0 Å². The molecule has 0 bridgehead atoms. The summed E-state index contributed by atoms with van der Waals surface area (Å²) < 4.78 is 11.0. The predicted molar refractivity (Wildman–Crippen MR) is 105 cm³/mol. The third kappa shape index (κ3) is 5.64. The van der Waals surface area contributed by atoms with E-state index in [0.717, 1.165) is 25.2 Å². The van der Waals surface area contributed by atoms with E-state index in [0.29, 0.717) is 42.7 Å². The van der Waals surface area contributed by atoms with Gasteiger partial charge in [0, 0.05) is 19.7 Å². The van der Waals surface area contributed by atoms with Gasteiger partial charge < -0.3 is 24.7 Å². The molecule has 142 valence electrons. The van der Waals surface area contributed by atoms with E-state index in [1.54, 1.807) is 12.5 Å². The van der Waals surface area contributed by atoms with E-state index < -0.39 is 0 Å². The van der Waals surface area contributed by atoms with E-state index >= 15 is 0 Å². The van der Waals surface area contributed by atoms with E-state index in [9.17, 15) is 0 Å². The Bertz CT molecular complexity index is 770. The fraction of sp³-hybridized carbons (Fsp3) is 0.444. The van der Waals surface area contributed by atoms with Crippen LogP contribution in [-0.4, -0.2) is 40.9 Å². The van der Waals surface area contributed by atoms with Crippen LogP contribution in [0.15, 0.2) is 35.3 Å². The van der Waals surface area contributed by atoms with Crippen LogP contribution in [-0.2, 0) is 11.3 Å². The number of anilines is 2. The van der Waals surface area contributed by atoms with E-state index in [4.69, 9.17) is 26.6 Å². The quantitative estimate of drug-likeness (QED) is 0.663. The number of hydrogen-bond donors (Lipinski definition) is 2. The van der Waals surface area contributed by atoms with Crippen LogP contribution < -0.4 is 15.5 Å². The van der Waals surface area contributed by atoms with Crippen molar-refractivity contribution >= 4 is 28.8 Å². The fourth-order valence-corrected chi connectivity index (χ4v) is 3.07. The molecule has 0 saturated carbocycles. The largest absolute Gasteiger partial charge is 0.467 e. The number of ether oxygens (including phenoxy) is 1. The lowest BCUT2D eigenvalue weighted by molar-refractivity contribution is 0.114. The molecule has 0 spiro atoms. The molecule has 2 aromatic heterocycles. The van der Waals surface area contributed by atoms with Gasteiger partial charge in [0.25, 0.3) is 0 Å². The molecule has 1 unspecified atom stereocenters. The first-order valence-corrected chi connectivity index (χ1v) is 9.28. The van der Waals surface area contributed by atoms with Crippen LogP contribution in [0, 0.1) is 11.3 Å². The zero-order valence-electron chi connectivity index (χ0n) is 14.9. The highest BCUT2D eigenvalue weighted by Gasteiger charge is 2.18. The number of nitrogens with zero attached hydrogens (tertiary/aromatic N) is 4. The van der Waals surface area contributed by atoms with Crippen LogP contribution in [0.5, 0.6) is 0 Å². The number of hydrogen-bond acceptors (Lipinski definition) is 7. The van der Waals surface area contributed by atoms with Gasteiger partial charge in [-0.05, 0) is 37.2 Å². The minimum atomic E-state index is 0.197. The Hall–Kier alpha value is -2.70. The molecule has 3 heterocycles. The molecule has 8 nitrogen and oxygen atoms in total. The van der Waals surface area contributed by atoms with E-state index in [2.05, 4.69) is 26.7 Å². The average Bonchev–Trinajstić information content (AvgIpc) is 3.38. The molecular weight excluding hydrogens is 364 g/mol. The topological polar surface area (TPSA) is 99.2 Å². The maximum atomic E-state index is 8.99. The van der Waals surface area contributed by atoms with Gasteiger partial charge in [-0.25, -0.2) is 9.97 Å². The van der Waals surface area contributed by atoms with Crippen molar-refractivity contribution in [3.05, 3.63) is 36.7 Å². The highest BCUT2D eigenvalue weighted by Crippen LogP contribution is 2.24. The number of rotatable bonds is 8. The first-order chi connectivity index (χ1) is 13.3. The summed E-state index contributed by atoms with van der Waals surface area (Å²) in [7, 11) is 0. The SMILES string of the molecule is N#CCCN(Cc1ccco1)c1ncncc1NC(=S)NCC1CCCO1. The minimum Gasteiger partial charge on any atom is -0.467 e. The molecule has 1 aliphatic rings. The van der Waals surface area contributed by atoms with Crippen LogP contribution in [0.25, 0.3) is 0 Å². The summed E-state index contributed by atoms with van der Waals surface area (Å²) in [4.78, 5) is 10.5. The lowest BCUT2D eigenvalue weighted by atomic mass is 10.2. The summed E-state index contributed by atoms with van der Waals surface area (Å²) in [5, 5.41) is 15.8. The molecule has 0 amide bonds. The first kappa shape index (κ1) is 19.1. The lowest BCUT2D eigenvalue weighted by Gasteiger charge is -2.24. The fourth-order valence-electron chi connectivity index (χ4n) is 2.88. The molecule has 3 rings (SSSR count). The summed E-state index contributed by atoms with van der Waals surface area (Å²) >= 11 is 5.40. The van der Waals surface area contributed by atoms with Gasteiger partial charge in [-0.3, -0.25) is 0 Å². The second-order valence-corrected chi connectivity index (χ2v) is 6.55. The Morgan fingerprint density at radius 2 is 2.41 bits per heavy atom. The second-order valence-electron chi connectivity index (χ2n) is 6.14. The molecule has 1 fully saturated rings. The molecule has 0 radical (unpaired) electrons. The number of aromatic nitrogens is 2. The third-order valence-electron chi connectivity index (χ3n) is 4.17. The van der Waals surface area contributed by atoms with Crippen LogP contribution in [0.3, 0.4) is 0 Å². The number of furan rings is 1. The van der Waals surface area contributed by atoms with E-state index in [-0.39, 0.29) is 6.10 Å². The molecule has 27 heavy (non-hydrogen) atoms. The molecule has 2 N–H and O–H groups in total. The number of nitrogens with one attached hydrogen (secondary N) is 2. The molecule has 2 aromatic rings. The van der Waals surface area contributed by atoms with Gasteiger partial charge in [0.2, 0.25) is 0 Å². The highest BCUT2D eigenvalue weighted by molar-refractivity contribution is 7.80. The summed E-state index contributed by atoms with van der Waals surface area (Å²) in [6.45, 7) is 2.48. The number of nitriles is 1. The Morgan fingerprint density at radius 3 is 3.15 bits per heavy atom. The molecule has 0 aromatic carbocycles. The van der Waals surface area contributed by atoms with Crippen LogP contribution in [0.4, 0.5) is 11.5 Å². The highest BCUT2D eigenvalue weighted by atomic mass is 32.1. The standard InChI is InChI=1S/C18H22N6O2S/c19-6-3-7-24(12-15-5-2-9-26-15)17-16(11-20-13-22-17)23-18(27)21-10-14-4-1-8-25-14/h2,5,9,11,13-14H,1,3-4,7-8,10,12H2,(H2,21,23,27). The molecule has 9 heteroatoms. The van der Waals surface area contributed by atoms with Gasteiger partial charge in [0.05, 0.1) is 37.6 Å². The zero-order chi connectivity index (χ0) is 18.9. The Kier molecular flexibility index (Phi) is 6.96. The predicted octanol–water partition coefficient (Wildman–Crippen LogP) is 2.46. The van der Waals surface area contributed by atoms with E-state index in [1.807, 2.05) is 17.0 Å². The number of thiocarbonyl (C=S) groups is 1. The maximum Gasteiger partial charge on any atom is 0.171 e. The minimum absolute atomic E-state index is 0.197. The molecular formula is C18H22N6O2S. The van der Waals surface area contributed by atoms with Gasteiger partial charge in [0.1, 0.15) is 17.8 Å². The van der Waals surface area contributed by atoms with Crippen LogP contribution in [0.2, 0.25) is 0 Å². The van der Waals surface area contributed by atoms with Crippen molar-refractivity contribution in [2.45, 2.75) is 31.9 Å². The summed E-state index contributed by atoms with van der Waals surface area (Å²) in [5.41, 5.74) is 0.673. The van der Waals surface area contributed by atoms with Gasteiger partial charge >= 0.3 is 0 Å². The lowest BCUT2D eigenvalue weighted by Crippen LogP contribution is -2.35. The zero-order valence-corrected chi connectivity index (χ0v) is 15.7. The van der Waals surface area contributed by atoms with Crippen molar-refractivity contribution in [2.75, 3.05) is 29.9 Å².